The van der Waals surface area contributed by atoms with E-state index in [1.165, 1.54) is 0 Å². The predicted octanol–water partition coefficient (Wildman–Crippen LogP) is 3.33. The van der Waals surface area contributed by atoms with E-state index in [2.05, 4.69) is 24.3 Å². The van der Waals surface area contributed by atoms with Crippen molar-refractivity contribution in [2.45, 2.75) is 0 Å². The zero-order valence-corrected chi connectivity index (χ0v) is 11.8. The molecule has 0 unspecified atom stereocenters. The maximum Gasteiger partial charge on any atom is 0.0711 e. The quantitative estimate of drug-likeness (QED) is 0.429. The van der Waals surface area contributed by atoms with Crippen LogP contribution in [0.1, 0.15) is 0 Å². The van der Waals surface area contributed by atoms with E-state index in [-0.39, 0.29) is 0 Å². The van der Waals surface area contributed by atoms with Crippen LogP contribution in [-0.2, 0) is 0 Å². The van der Waals surface area contributed by atoms with Crippen LogP contribution in [0.3, 0.4) is 0 Å². The van der Waals surface area contributed by atoms with E-state index < -0.39 is 0 Å². The summed E-state index contributed by atoms with van der Waals surface area (Å²) >= 11 is 0. The molecule has 106 valence electrons. The molecule has 2 heterocycles. The van der Waals surface area contributed by atoms with E-state index in [4.69, 9.17) is 11.7 Å². The summed E-state index contributed by atoms with van der Waals surface area (Å²) in [5.41, 5.74) is 4.09. The van der Waals surface area contributed by atoms with E-state index in [1.807, 2.05) is 36.4 Å². The molecule has 5 rings (SSSR count). The largest absolute Gasteiger partial charge is 0.339 e. The van der Waals surface area contributed by atoms with Crippen molar-refractivity contribution >= 4 is 43.6 Å². The van der Waals surface area contributed by atoms with Gasteiger partial charge in [0.2, 0.25) is 0 Å². The van der Waals surface area contributed by atoms with Gasteiger partial charge in [-0.1, -0.05) is 36.4 Å². The van der Waals surface area contributed by atoms with Crippen LogP contribution in [0.4, 0.5) is 0 Å². The molecule has 0 aliphatic carbocycles. The number of nitrogen functional groups attached to an aromatic ring is 2. The van der Waals surface area contributed by atoms with E-state index >= 15 is 0 Å². The summed E-state index contributed by atoms with van der Waals surface area (Å²) in [7, 11) is 0. The van der Waals surface area contributed by atoms with Crippen LogP contribution in [-0.4, -0.2) is 9.35 Å². The number of hydrogen-bond donors (Lipinski definition) is 2. The first-order valence-electron chi connectivity index (χ1n) is 7.22. The van der Waals surface area contributed by atoms with Crippen LogP contribution in [0.2, 0.25) is 0 Å². The molecule has 2 aromatic heterocycles. The smallest absolute Gasteiger partial charge is 0.0711 e. The highest BCUT2D eigenvalue weighted by atomic mass is 15.3. The topological polar surface area (TPSA) is 61.9 Å². The van der Waals surface area contributed by atoms with Crippen molar-refractivity contribution in [3.05, 3.63) is 60.7 Å². The predicted molar refractivity (Wildman–Crippen MR) is 92.7 cm³/mol. The highest BCUT2D eigenvalue weighted by Gasteiger charge is 2.14. The first-order chi connectivity index (χ1) is 10.8. The van der Waals surface area contributed by atoms with Crippen molar-refractivity contribution < 1.29 is 0 Å². The second-order valence-electron chi connectivity index (χ2n) is 5.66. The fourth-order valence-corrected chi connectivity index (χ4v) is 3.49. The fraction of sp³-hybridized carbons (Fsp3) is 0. The molecule has 5 aromatic rings. The van der Waals surface area contributed by atoms with Gasteiger partial charge in [-0.2, -0.15) is 0 Å². The Labute approximate surface area is 126 Å². The maximum absolute atomic E-state index is 6.30. The standard InChI is InChI=1S/C18H14N4/c19-21-15-7-3-1-5-11(15)13-9-18-14(10-17(13)21)12-6-2-4-8-16(12)22(18)20/h1-10H,19-20H2. The second kappa shape index (κ2) is 3.74. The molecule has 22 heavy (non-hydrogen) atoms. The summed E-state index contributed by atoms with van der Waals surface area (Å²) in [5.74, 6) is 12.6. The van der Waals surface area contributed by atoms with Crippen molar-refractivity contribution in [2.24, 2.45) is 0 Å². The van der Waals surface area contributed by atoms with Crippen molar-refractivity contribution in [3.8, 4) is 0 Å². The van der Waals surface area contributed by atoms with Crippen molar-refractivity contribution in [1.82, 2.24) is 9.35 Å². The van der Waals surface area contributed by atoms with E-state index in [1.54, 1.807) is 9.35 Å². The van der Waals surface area contributed by atoms with Crippen molar-refractivity contribution in [3.63, 3.8) is 0 Å². The van der Waals surface area contributed by atoms with Gasteiger partial charge in [0, 0.05) is 21.5 Å². The van der Waals surface area contributed by atoms with Crippen molar-refractivity contribution in [2.75, 3.05) is 11.7 Å². The summed E-state index contributed by atoms with van der Waals surface area (Å²) in [6.07, 6.45) is 0. The summed E-state index contributed by atoms with van der Waals surface area (Å²) in [6, 6.07) is 20.6. The average molecular weight is 286 g/mol. The third kappa shape index (κ3) is 1.22. The first kappa shape index (κ1) is 11.5. The van der Waals surface area contributed by atoms with Crippen LogP contribution in [0, 0.1) is 0 Å². The molecule has 0 amide bonds. The average Bonchev–Trinajstić information content (AvgIpc) is 3.01. The van der Waals surface area contributed by atoms with Gasteiger partial charge in [0.1, 0.15) is 0 Å². The summed E-state index contributed by atoms with van der Waals surface area (Å²) in [6.45, 7) is 0. The lowest BCUT2D eigenvalue weighted by Crippen LogP contribution is -2.07. The third-order valence-corrected chi connectivity index (χ3v) is 4.54. The van der Waals surface area contributed by atoms with Crippen LogP contribution < -0.4 is 11.7 Å². The minimum Gasteiger partial charge on any atom is -0.339 e. The Balaban J connectivity index is 2.10. The molecule has 0 aliphatic rings. The van der Waals surface area contributed by atoms with E-state index in [0.717, 1.165) is 43.6 Å². The molecule has 0 saturated carbocycles. The van der Waals surface area contributed by atoms with Crippen LogP contribution in [0.15, 0.2) is 60.7 Å². The zero-order valence-electron chi connectivity index (χ0n) is 11.8. The number of nitrogens with two attached hydrogens (primary N) is 2. The summed E-state index contributed by atoms with van der Waals surface area (Å²) < 4.78 is 3.51. The summed E-state index contributed by atoms with van der Waals surface area (Å²) in [5, 5.41) is 4.54. The lowest BCUT2D eigenvalue weighted by atomic mass is 10.1. The Morgan fingerprint density at radius 3 is 1.36 bits per heavy atom. The van der Waals surface area contributed by atoms with Gasteiger partial charge in [-0.05, 0) is 24.3 Å². The molecule has 3 aromatic carbocycles. The Morgan fingerprint density at radius 2 is 0.909 bits per heavy atom. The second-order valence-corrected chi connectivity index (χ2v) is 5.66. The first-order valence-corrected chi connectivity index (χ1v) is 7.22. The normalized spacial score (nSPS) is 12.0. The van der Waals surface area contributed by atoms with Gasteiger partial charge in [0.15, 0.2) is 0 Å². The number of benzene rings is 3. The molecular weight excluding hydrogens is 272 g/mol. The molecule has 4 N–H and O–H groups in total. The van der Waals surface area contributed by atoms with Crippen LogP contribution in [0.5, 0.6) is 0 Å². The fourth-order valence-electron chi connectivity index (χ4n) is 3.49. The SMILES string of the molecule is Nn1c2ccccc2c2cc3c(cc21)c1ccccc1n3N. The molecule has 0 radical (unpaired) electrons. The van der Waals surface area contributed by atoms with Gasteiger partial charge >= 0.3 is 0 Å². The number of aromatic nitrogens is 2. The number of fused-ring (bicyclic) bond motifs is 6. The van der Waals surface area contributed by atoms with Gasteiger partial charge in [-0.25, -0.2) is 0 Å². The highest BCUT2D eigenvalue weighted by Crippen LogP contribution is 2.34. The van der Waals surface area contributed by atoms with Gasteiger partial charge < -0.3 is 11.7 Å². The molecule has 0 spiro atoms. The minimum absolute atomic E-state index is 1.02. The van der Waals surface area contributed by atoms with Gasteiger partial charge in [0.05, 0.1) is 22.1 Å². The lowest BCUT2D eigenvalue weighted by Gasteiger charge is -2.00. The highest BCUT2D eigenvalue weighted by molar-refractivity contribution is 6.17. The number of rotatable bonds is 0. The monoisotopic (exact) mass is 286 g/mol. The van der Waals surface area contributed by atoms with Gasteiger partial charge in [0.25, 0.3) is 0 Å². The van der Waals surface area contributed by atoms with Crippen LogP contribution in [0.25, 0.3) is 43.6 Å². The molecule has 0 saturated heterocycles. The van der Waals surface area contributed by atoms with Crippen molar-refractivity contribution in [1.29, 1.82) is 0 Å². The van der Waals surface area contributed by atoms with Gasteiger partial charge in [-0.15, -0.1) is 0 Å². The number of hydrogen-bond acceptors (Lipinski definition) is 2. The molecule has 4 heteroatoms. The molecule has 0 atom stereocenters. The number of para-hydroxylation sites is 2. The Kier molecular flexibility index (Phi) is 1.96. The molecule has 0 bridgehead atoms. The lowest BCUT2D eigenvalue weighted by molar-refractivity contribution is 1.11. The minimum atomic E-state index is 1.02. The molecule has 0 fully saturated rings. The van der Waals surface area contributed by atoms with E-state index in [9.17, 15) is 0 Å². The van der Waals surface area contributed by atoms with Crippen LogP contribution >= 0.6 is 0 Å². The Hall–Kier alpha value is -3.14. The van der Waals surface area contributed by atoms with Gasteiger partial charge in [-0.3, -0.25) is 9.35 Å². The summed E-state index contributed by atoms with van der Waals surface area (Å²) in [4.78, 5) is 0. The molecular formula is C18H14N4. The number of nitrogens with zero attached hydrogens (tertiary/aromatic N) is 2. The third-order valence-electron chi connectivity index (χ3n) is 4.54. The zero-order chi connectivity index (χ0) is 14.8. The molecule has 0 aliphatic heterocycles. The van der Waals surface area contributed by atoms with E-state index in [0.29, 0.717) is 0 Å². The maximum atomic E-state index is 6.30. The molecule has 4 nitrogen and oxygen atoms in total. The Bertz CT molecular complexity index is 1100. The Morgan fingerprint density at radius 1 is 0.500 bits per heavy atom.